The third-order valence-electron chi connectivity index (χ3n) is 3.06. The summed E-state index contributed by atoms with van der Waals surface area (Å²) in [6.07, 6.45) is 0. The lowest BCUT2D eigenvalue weighted by Crippen LogP contribution is -2.18. The zero-order valence-electron chi connectivity index (χ0n) is 12.4. The maximum Gasteiger partial charge on any atom is 0.257 e. The molecule has 0 atom stereocenters. The molecule has 0 aliphatic carbocycles. The highest BCUT2D eigenvalue weighted by Crippen LogP contribution is 2.23. The molecule has 110 valence electrons. The topological polar surface area (TPSA) is 41.1 Å². The lowest BCUT2D eigenvalue weighted by atomic mass is 10.1. The lowest BCUT2D eigenvalue weighted by Gasteiger charge is -2.15. The van der Waals surface area contributed by atoms with Crippen molar-refractivity contribution in [3.63, 3.8) is 0 Å². The van der Waals surface area contributed by atoms with Crippen LogP contribution in [-0.4, -0.2) is 11.9 Å². The molecule has 2 rings (SSSR count). The van der Waals surface area contributed by atoms with Crippen LogP contribution in [0.1, 0.15) is 29.8 Å². The Morgan fingerprint density at radius 3 is 2.52 bits per heavy atom. The van der Waals surface area contributed by atoms with Crippen molar-refractivity contribution >= 4 is 28.9 Å². The molecule has 2 aromatic carbocycles. The first-order chi connectivity index (χ1) is 9.97. The molecular formula is C17H19ClN2O. The van der Waals surface area contributed by atoms with E-state index in [1.165, 1.54) is 0 Å². The molecule has 0 spiro atoms. The molecule has 0 unspecified atom stereocenters. The number of hydrogen-bond acceptors (Lipinski definition) is 2. The summed E-state index contributed by atoms with van der Waals surface area (Å²) >= 11 is 5.98. The summed E-state index contributed by atoms with van der Waals surface area (Å²) in [5.74, 6) is -0.149. The summed E-state index contributed by atoms with van der Waals surface area (Å²) in [5.41, 5.74) is 3.14. The minimum atomic E-state index is -0.149. The van der Waals surface area contributed by atoms with Gasteiger partial charge in [0.25, 0.3) is 5.91 Å². The van der Waals surface area contributed by atoms with Gasteiger partial charge in [0.05, 0.1) is 5.56 Å². The van der Waals surface area contributed by atoms with Gasteiger partial charge >= 0.3 is 0 Å². The predicted octanol–water partition coefficient (Wildman–Crippen LogP) is 4.72. The number of amides is 1. The Morgan fingerprint density at radius 2 is 1.81 bits per heavy atom. The summed E-state index contributed by atoms with van der Waals surface area (Å²) in [6.45, 7) is 6.01. The number of anilines is 2. The monoisotopic (exact) mass is 302 g/mol. The van der Waals surface area contributed by atoms with Gasteiger partial charge in [0.2, 0.25) is 0 Å². The predicted molar refractivity (Wildman–Crippen MR) is 89.3 cm³/mol. The van der Waals surface area contributed by atoms with Crippen molar-refractivity contribution in [3.8, 4) is 0 Å². The summed E-state index contributed by atoms with van der Waals surface area (Å²) in [5, 5.41) is 6.80. The van der Waals surface area contributed by atoms with Crippen molar-refractivity contribution in [2.45, 2.75) is 26.8 Å². The van der Waals surface area contributed by atoms with E-state index in [1.54, 1.807) is 18.2 Å². The molecule has 0 aromatic heterocycles. The molecule has 2 N–H and O–H groups in total. The number of rotatable bonds is 4. The molecule has 0 saturated heterocycles. The number of halogens is 1. The van der Waals surface area contributed by atoms with Crippen molar-refractivity contribution in [1.82, 2.24) is 0 Å². The highest BCUT2D eigenvalue weighted by Gasteiger charge is 2.12. The van der Waals surface area contributed by atoms with Crippen LogP contribution < -0.4 is 10.6 Å². The Labute approximate surface area is 130 Å². The largest absolute Gasteiger partial charge is 0.382 e. The fourth-order valence-electron chi connectivity index (χ4n) is 2.04. The van der Waals surface area contributed by atoms with Crippen molar-refractivity contribution in [1.29, 1.82) is 0 Å². The van der Waals surface area contributed by atoms with E-state index >= 15 is 0 Å². The molecule has 1 amide bonds. The van der Waals surface area contributed by atoms with Crippen LogP contribution in [0.4, 0.5) is 11.4 Å². The molecule has 3 nitrogen and oxygen atoms in total. The minimum Gasteiger partial charge on any atom is -0.382 e. The number of para-hydroxylation sites is 1. The Kier molecular flexibility index (Phi) is 4.86. The van der Waals surface area contributed by atoms with Gasteiger partial charge in [-0.25, -0.2) is 0 Å². The van der Waals surface area contributed by atoms with Crippen LogP contribution in [0.3, 0.4) is 0 Å². The van der Waals surface area contributed by atoms with Crippen molar-refractivity contribution in [2.24, 2.45) is 0 Å². The molecule has 21 heavy (non-hydrogen) atoms. The third kappa shape index (κ3) is 3.99. The van der Waals surface area contributed by atoms with Crippen molar-refractivity contribution in [3.05, 3.63) is 58.6 Å². The number of carbonyl (C=O) groups is 1. The fraction of sp³-hybridized carbons (Fsp3) is 0.235. The molecule has 0 saturated carbocycles. The Morgan fingerprint density at radius 1 is 1.10 bits per heavy atom. The lowest BCUT2D eigenvalue weighted by molar-refractivity contribution is 0.102. The van der Waals surface area contributed by atoms with E-state index < -0.39 is 0 Å². The Balaban J connectivity index is 2.26. The highest BCUT2D eigenvalue weighted by atomic mass is 35.5. The average Bonchev–Trinajstić information content (AvgIpc) is 2.42. The first-order valence-corrected chi connectivity index (χ1v) is 7.28. The highest BCUT2D eigenvalue weighted by molar-refractivity contribution is 6.31. The average molecular weight is 303 g/mol. The van der Waals surface area contributed by atoms with Crippen LogP contribution >= 0.6 is 11.6 Å². The van der Waals surface area contributed by atoms with E-state index in [0.717, 1.165) is 16.9 Å². The molecule has 0 radical (unpaired) electrons. The molecule has 0 fully saturated rings. The smallest absolute Gasteiger partial charge is 0.257 e. The molecule has 0 bridgehead atoms. The van der Waals surface area contributed by atoms with Crippen molar-refractivity contribution < 1.29 is 4.79 Å². The fourth-order valence-corrected chi connectivity index (χ4v) is 2.21. The second kappa shape index (κ2) is 6.64. The molecule has 4 heteroatoms. The van der Waals surface area contributed by atoms with Gasteiger partial charge in [-0.1, -0.05) is 29.8 Å². The van der Waals surface area contributed by atoms with Crippen LogP contribution in [0.15, 0.2) is 42.5 Å². The van der Waals surface area contributed by atoms with E-state index in [9.17, 15) is 4.79 Å². The van der Waals surface area contributed by atoms with Crippen LogP contribution in [0.5, 0.6) is 0 Å². The van der Waals surface area contributed by atoms with E-state index in [1.807, 2.05) is 45.0 Å². The van der Waals surface area contributed by atoms with Gasteiger partial charge < -0.3 is 10.6 Å². The second-order valence-corrected chi connectivity index (χ2v) is 5.69. The summed E-state index contributed by atoms with van der Waals surface area (Å²) in [4.78, 5) is 12.5. The van der Waals surface area contributed by atoms with Gasteiger partial charge in [0, 0.05) is 22.4 Å². The SMILES string of the molecule is Cc1ccc(Cl)cc1NC(=O)c1ccccc1NC(C)C. The van der Waals surface area contributed by atoms with Gasteiger partial charge in [0.1, 0.15) is 0 Å². The van der Waals surface area contributed by atoms with E-state index in [4.69, 9.17) is 11.6 Å². The summed E-state index contributed by atoms with van der Waals surface area (Å²) in [6, 6.07) is 13.2. The molecule has 0 heterocycles. The molecular weight excluding hydrogens is 284 g/mol. The zero-order chi connectivity index (χ0) is 15.4. The van der Waals surface area contributed by atoms with Gasteiger partial charge in [-0.05, 0) is 50.6 Å². The number of hydrogen-bond donors (Lipinski definition) is 2. The molecule has 0 aliphatic heterocycles. The Bertz CT molecular complexity index is 653. The number of carbonyl (C=O) groups excluding carboxylic acids is 1. The summed E-state index contributed by atoms with van der Waals surface area (Å²) < 4.78 is 0. The van der Waals surface area contributed by atoms with E-state index in [0.29, 0.717) is 10.6 Å². The van der Waals surface area contributed by atoms with Gasteiger partial charge in [-0.15, -0.1) is 0 Å². The molecule has 0 aliphatic rings. The Hall–Kier alpha value is -2.00. The van der Waals surface area contributed by atoms with Crippen LogP contribution in [0, 0.1) is 6.92 Å². The van der Waals surface area contributed by atoms with Gasteiger partial charge in [0.15, 0.2) is 0 Å². The second-order valence-electron chi connectivity index (χ2n) is 5.26. The first-order valence-electron chi connectivity index (χ1n) is 6.90. The van der Waals surface area contributed by atoms with Crippen LogP contribution in [-0.2, 0) is 0 Å². The minimum absolute atomic E-state index is 0.149. The standard InChI is InChI=1S/C17H19ClN2O/c1-11(2)19-15-7-5-4-6-14(15)17(21)20-16-10-13(18)9-8-12(16)3/h4-11,19H,1-3H3,(H,20,21). The quantitative estimate of drug-likeness (QED) is 0.858. The van der Waals surface area contributed by atoms with E-state index in [2.05, 4.69) is 10.6 Å². The summed E-state index contributed by atoms with van der Waals surface area (Å²) in [7, 11) is 0. The van der Waals surface area contributed by atoms with Crippen LogP contribution in [0.2, 0.25) is 5.02 Å². The third-order valence-corrected chi connectivity index (χ3v) is 3.30. The zero-order valence-corrected chi connectivity index (χ0v) is 13.2. The van der Waals surface area contributed by atoms with Gasteiger partial charge in [-0.2, -0.15) is 0 Å². The number of aryl methyl sites for hydroxylation is 1. The maximum absolute atomic E-state index is 12.5. The maximum atomic E-state index is 12.5. The first kappa shape index (κ1) is 15.4. The number of benzene rings is 2. The van der Waals surface area contributed by atoms with Crippen molar-refractivity contribution in [2.75, 3.05) is 10.6 Å². The molecule has 2 aromatic rings. The van der Waals surface area contributed by atoms with E-state index in [-0.39, 0.29) is 11.9 Å². The van der Waals surface area contributed by atoms with Crippen LogP contribution in [0.25, 0.3) is 0 Å². The normalized spacial score (nSPS) is 10.5. The number of nitrogens with one attached hydrogen (secondary N) is 2. The van der Waals surface area contributed by atoms with Gasteiger partial charge in [-0.3, -0.25) is 4.79 Å².